The maximum atomic E-state index is 10.9. The summed E-state index contributed by atoms with van der Waals surface area (Å²) < 4.78 is 0. The molecule has 8 heteroatoms. The molecule has 1 aliphatic heterocycles. The highest BCUT2D eigenvalue weighted by molar-refractivity contribution is 5.56. The van der Waals surface area contributed by atoms with Crippen LogP contribution in [-0.2, 0) is 0 Å². The lowest BCUT2D eigenvalue weighted by Crippen LogP contribution is -2.30. The van der Waals surface area contributed by atoms with Gasteiger partial charge in [0.25, 0.3) is 0 Å². The first-order valence-electron chi connectivity index (χ1n) is 6.75. The number of hydrogen-bond donors (Lipinski definition) is 2. The van der Waals surface area contributed by atoms with E-state index in [0.717, 1.165) is 25.7 Å². The van der Waals surface area contributed by atoms with Gasteiger partial charge in [-0.05, 0) is 45.3 Å². The number of hydrogen-bond acceptors (Lipinski definition) is 7. The number of likely N-dealkylation sites (tertiary alicyclic amines) is 1. The number of aromatic nitrogens is 2. The Hall–Kier alpha value is -1.96. The largest absolute Gasteiger partial charge is 0.368 e. The molecule has 1 aromatic heterocycles. The van der Waals surface area contributed by atoms with E-state index in [1.165, 1.54) is 12.8 Å². The summed E-state index contributed by atoms with van der Waals surface area (Å²) in [5.41, 5.74) is 5.33. The SMILES string of the molecule is CN1CCC(CCNc2nc(N)ncc2[N+](=O)[O-])CC1. The molecule has 1 fully saturated rings. The third kappa shape index (κ3) is 3.77. The summed E-state index contributed by atoms with van der Waals surface area (Å²) in [6.45, 7) is 2.89. The second-order valence-electron chi connectivity index (χ2n) is 5.18. The number of nitrogen functional groups attached to an aromatic ring is 1. The van der Waals surface area contributed by atoms with Gasteiger partial charge in [0.05, 0.1) is 4.92 Å². The Kier molecular flexibility index (Phi) is 4.67. The summed E-state index contributed by atoms with van der Waals surface area (Å²) in [7, 11) is 2.13. The first kappa shape index (κ1) is 14.4. The van der Waals surface area contributed by atoms with E-state index in [1.54, 1.807) is 0 Å². The molecule has 0 amide bonds. The zero-order valence-corrected chi connectivity index (χ0v) is 11.6. The fraction of sp³-hybridized carbons (Fsp3) is 0.667. The quantitative estimate of drug-likeness (QED) is 0.614. The lowest BCUT2D eigenvalue weighted by molar-refractivity contribution is -0.384. The number of nitrogens with one attached hydrogen (secondary N) is 1. The predicted octanol–water partition coefficient (Wildman–Crippen LogP) is 1.11. The highest BCUT2D eigenvalue weighted by Crippen LogP contribution is 2.23. The zero-order chi connectivity index (χ0) is 14.5. The smallest absolute Gasteiger partial charge is 0.329 e. The molecule has 0 unspecified atom stereocenters. The van der Waals surface area contributed by atoms with E-state index >= 15 is 0 Å². The first-order chi connectivity index (χ1) is 9.56. The number of piperidine rings is 1. The van der Waals surface area contributed by atoms with Crippen LogP contribution in [0.3, 0.4) is 0 Å². The lowest BCUT2D eigenvalue weighted by atomic mass is 9.94. The van der Waals surface area contributed by atoms with Gasteiger partial charge in [-0.3, -0.25) is 10.1 Å². The van der Waals surface area contributed by atoms with E-state index in [-0.39, 0.29) is 17.5 Å². The molecule has 1 saturated heterocycles. The summed E-state index contributed by atoms with van der Waals surface area (Å²) in [5.74, 6) is 0.907. The Morgan fingerprint density at radius 3 is 2.90 bits per heavy atom. The van der Waals surface area contributed by atoms with E-state index in [4.69, 9.17) is 5.73 Å². The molecule has 0 bridgehead atoms. The van der Waals surface area contributed by atoms with Crippen LogP contribution in [0.15, 0.2) is 6.20 Å². The molecule has 0 spiro atoms. The molecule has 110 valence electrons. The van der Waals surface area contributed by atoms with Crippen molar-refractivity contribution in [1.29, 1.82) is 0 Å². The average molecular weight is 280 g/mol. The molecular weight excluding hydrogens is 260 g/mol. The molecule has 0 saturated carbocycles. The minimum atomic E-state index is -0.503. The molecule has 3 N–H and O–H groups in total. The number of rotatable bonds is 5. The van der Waals surface area contributed by atoms with Crippen LogP contribution >= 0.6 is 0 Å². The Labute approximate surface area is 117 Å². The van der Waals surface area contributed by atoms with Crippen molar-refractivity contribution in [2.45, 2.75) is 19.3 Å². The van der Waals surface area contributed by atoms with Crippen molar-refractivity contribution in [3.05, 3.63) is 16.3 Å². The number of anilines is 2. The fourth-order valence-corrected chi connectivity index (χ4v) is 2.40. The third-order valence-corrected chi connectivity index (χ3v) is 3.67. The summed E-state index contributed by atoms with van der Waals surface area (Å²) in [6.07, 6.45) is 4.47. The molecule has 1 aromatic rings. The van der Waals surface area contributed by atoms with Crippen LogP contribution in [0, 0.1) is 16.0 Å². The Balaban J connectivity index is 1.87. The number of nitro groups is 1. The Bertz CT molecular complexity index is 473. The summed E-state index contributed by atoms with van der Waals surface area (Å²) >= 11 is 0. The molecule has 2 heterocycles. The summed E-state index contributed by atoms with van der Waals surface area (Å²) in [6, 6.07) is 0. The van der Waals surface area contributed by atoms with Crippen LogP contribution in [0.1, 0.15) is 19.3 Å². The standard InChI is InChI=1S/C12H20N6O2/c1-17-6-3-9(4-7-17)2-5-14-11-10(18(19)20)8-15-12(13)16-11/h8-9H,2-7H2,1H3,(H3,13,14,15,16). The summed E-state index contributed by atoms with van der Waals surface area (Å²) in [5, 5.41) is 13.9. The van der Waals surface area contributed by atoms with Crippen LogP contribution < -0.4 is 11.1 Å². The minimum absolute atomic E-state index is 0.0393. The van der Waals surface area contributed by atoms with E-state index < -0.39 is 4.92 Å². The second-order valence-corrected chi connectivity index (χ2v) is 5.18. The van der Waals surface area contributed by atoms with Gasteiger partial charge in [-0.15, -0.1) is 0 Å². The first-order valence-corrected chi connectivity index (χ1v) is 6.75. The molecule has 0 atom stereocenters. The maximum Gasteiger partial charge on any atom is 0.329 e. The van der Waals surface area contributed by atoms with Gasteiger partial charge in [0.15, 0.2) is 0 Å². The van der Waals surface area contributed by atoms with Gasteiger partial charge >= 0.3 is 5.69 Å². The van der Waals surface area contributed by atoms with Crippen molar-refractivity contribution in [3.8, 4) is 0 Å². The molecule has 0 aliphatic carbocycles. The minimum Gasteiger partial charge on any atom is -0.368 e. The highest BCUT2D eigenvalue weighted by Gasteiger charge is 2.19. The van der Waals surface area contributed by atoms with Crippen LogP contribution in [-0.4, -0.2) is 46.5 Å². The van der Waals surface area contributed by atoms with E-state index in [0.29, 0.717) is 12.5 Å². The second kappa shape index (κ2) is 6.47. The monoisotopic (exact) mass is 280 g/mol. The van der Waals surface area contributed by atoms with E-state index in [2.05, 4.69) is 27.2 Å². The molecule has 0 aromatic carbocycles. The lowest BCUT2D eigenvalue weighted by Gasteiger charge is -2.28. The molecule has 2 rings (SSSR count). The van der Waals surface area contributed by atoms with Crippen molar-refractivity contribution >= 4 is 17.5 Å². The summed E-state index contributed by atoms with van der Waals surface area (Å²) in [4.78, 5) is 20.2. The van der Waals surface area contributed by atoms with Crippen molar-refractivity contribution in [1.82, 2.24) is 14.9 Å². The van der Waals surface area contributed by atoms with Gasteiger partial charge < -0.3 is 16.0 Å². The zero-order valence-electron chi connectivity index (χ0n) is 11.6. The van der Waals surface area contributed by atoms with Gasteiger partial charge in [0.2, 0.25) is 11.8 Å². The van der Waals surface area contributed by atoms with Gasteiger partial charge in [-0.25, -0.2) is 4.98 Å². The number of nitrogens with two attached hydrogens (primary N) is 1. The maximum absolute atomic E-state index is 10.9. The molecular formula is C12H20N6O2. The van der Waals surface area contributed by atoms with Crippen LogP contribution in [0.25, 0.3) is 0 Å². The van der Waals surface area contributed by atoms with Crippen molar-refractivity contribution in [2.75, 3.05) is 37.7 Å². The molecule has 20 heavy (non-hydrogen) atoms. The topological polar surface area (TPSA) is 110 Å². The molecule has 1 aliphatic rings. The van der Waals surface area contributed by atoms with Crippen molar-refractivity contribution in [3.63, 3.8) is 0 Å². The predicted molar refractivity (Wildman–Crippen MR) is 76.4 cm³/mol. The molecule has 8 nitrogen and oxygen atoms in total. The Morgan fingerprint density at radius 1 is 1.55 bits per heavy atom. The van der Waals surface area contributed by atoms with Gasteiger partial charge in [-0.1, -0.05) is 0 Å². The van der Waals surface area contributed by atoms with E-state index in [9.17, 15) is 10.1 Å². The van der Waals surface area contributed by atoms with Gasteiger partial charge in [-0.2, -0.15) is 4.98 Å². The van der Waals surface area contributed by atoms with Crippen molar-refractivity contribution < 1.29 is 4.92 Å². The number of nitrogens with zero attached hydrogens (tertiary/aromatic N) is 4. The molecule has 0 radical (unpaired) electrons. The van der Waals surface area contributed by atoms with Crippen LogP contribution in [0.4, 0.5) is 17.5 Å². The normalized spacial score (nSPS) is 17.1. The van der Waals surface area contributed by atoms with Crippen molar-refractivity contribution in [2.24, 2.45) is 5.92 Å². The fourth-order valence-electron chi connectivity index (χ4n) is 2.40. The average Bonchev–Trinajstić information content (AvgIpc) is 2.41. The van der Waals surface area contributed by atoms with Crippen LogP contribution in [0.2, 0.25) is 0 Å². The van der Waals surface area contributed by atoms with E-state index in [1.807, 2.05) is 0 Å². The third-order valence-electron chi connectivity index (χ3n) is 3.67. The van der Waals surface area contributed by atoms with Gasteiger partial charge in [0, 0.05) is 6.54 Å². The van der Waals surface area contributed by atoms with Crippen LogP contribution in [0.5, 0.6) is 0 Å². The van der Waals surface area contributed by atoms with Gasteiger partial charge in [0.1, 0.15) is 6.20 Å². The highest BCUT2D eigenvalue weighted by atomic mass is 16.6. The Morgan fingerprint density at radius 2 is 2.25 bits per heavy atom.